The number of rotatable bonds is 9. The lowest BCUT2D eigenvalue weighted by atomic mass is 10.4. The molecule has 0 aromatic carbocycles. The van der Waals surface area contributed by atoms with Crippen LogP contribution in [0.3, 0.4) is 0 Å². The van der Waals surface area contributed by atoms with E-state index in [1.165, 1.54) is 0 Å². The molecule has 1 aliphatic carbocycles. The molecule has 0 amide bonds. The Morgan fingerprint density at radius 2 is 2.05 bits per heavy atom. The molecule has 1 aromatic heterocycles. The van der Waals surface area contributed by atoms with Gasteiger partial charge in [-0.2, -0.15) is 0 Å². The van der Waals surface area contributed by atoms with Crippen molar-refractivity contribution in [2.75, 3.05) is 6.54 Å². The fourth-order valence-electron chi connectivity index (χ4n) is 2.42. The SMILES string of the molecule is CCCNCc1cc(S(=O)(=O)NC2CC2C)cn1CCC. The van der Waals surface area contributed by atoms with E-state index in [0.717, 1.165) is 38.0 Å². The first-order valence-corrected chi connectivity index (χ1v) is 9.38. The third-order valence-electron chi connectivity index (χ3n) is 3.88. The molecule has 120 valence electrons. The van der Waals surface area contributed by atoms with Gasteiger partial charge in [0.2, 0.25) is 10.0 Å². The molecular weight excluding hydrogens is 286 g/mol. The van der Waals surface area contributed by atoms with Crippen molar-refractivity contribution in [2.45, 2.75) is 64.1 Å². The third-order valence-corrected chi connectivity index (χ3v) is 5.34. The van der Waals surface area contributed by atoms with Gasteiger partial charge in [-0.05, 0) is 37.8 Å². The minimum Gasteiger partial charge on any atom is -0.349 e. The summed E-state index contributed by atoms with van der Waals surface area (Å²) in [6.45, 7) is 8.78. The fourth-order valence-corrected chi connectivity index (χ4v) is 3.84. The lowest BCUT2D eigenvalue weighted by molar-refractivity contribution is 0.577. The van der Waals surface area contributed by atoms with Crippen LogP contribution in [0.2, 0.25) is 0 Å². The van der Waals surface area contributed by atoms with Crippen LogP contribution in [0.1, 0.15) is 45.7 Å². The second-order valence-corrected chi connectivity index (χ2v) is 7.69. The van der Waals surface area contributed by atoms with E-state index in [9.17, 15) is 8.42 Å². The number of hydrogen-bond acceptors (Lipinski definition) is 3. The molecule has 1 aliphatic rings. The third kappa shape index (κ3) is 4.31. The van der Waals surface area contributed by atoms with Crippen molar-refractivity contribution in [3.8, 4) is 0 Å². The molecule has 1 heterocycles. The highest BCUT2D eigenvalue weighted by atomic mass is 32.2. The van der Waals surface area contributed by atoms with Gasteiger partial charge >= 0.3 is 0 Å². The normalized spacial score (nSPS) is 21.7. The molecule has 2 atom stereocenters. The molecule has 0 aliphatic heterocycles. The zero-order valence-electron chi connectivity index (χ0n) is 13.2. The van der Waals surface area contributed by atoms with Gasteiger partial charge in [0, 0.05) is 31.0 Å². The summed E-state index contributed by atoms with van der Waals surface area (Å²) >= 11 is 0. The van der Waals surface area contributed by atoms with Gasteiger partial charge in [-0.3, -0.25) is 0 Å². The molecule has 2 rings (SSSR count). The Bertz CT molecular complexity index is 565. The van der Waals surface area contributed by atoms with E-state index >= 15 is 0 Å². The number of aromatic nitrogens is 1. The number of sulfonamides is 1. The Morgan fingerprint density at radius 3 is 2.62 bits per heavy atom. The molecule has 0 radical (unpaired) electrons. The van der Waals surface area contributed by atoms with Gasteiger partial charge in [-0.15, -0.1) is 0 Å². The summed E-state index contributed by atoms with van der Waals surface area (Å²) in [5, 5.41) is 3.34. The summed E-state index contributed by atoms with van der Waals surface area (Å²) in [5.41, 5.74) is 1.04. The summed E-state index contributed by atoms with van der Waals surface area (Å²) in [7, 11) is -3.38. The van der Waals surface area contributed by atoms with E-state index < -0.39 is 10.0 Å². The standard InChI is InChI=1S/C15H27N3O2S/c1-4-6-16-10-13-9-14(11-18(13)7-5-2)21(19,20)17-15-8-12(15)3/h9,11-12,15-17H,4-8,10H2,1-3H3. The molecule has 1 aromatic rings. The van der Waals surface area contributed by atoms with E-state index in [2.05, 4.69) is 30.8 Å². The van der Waals surface area contributed by atoms with Gasteiger partial charge in [0.15, 0.2) is 0 Å². The van der Waals surface area contributed by atoms with Crippen LogP contribution in [0, 0.1) is 5.92 Å². The van der Waals surface area contributed by atoms with Crippen LogP contribution in [0.5, 0.6) is 0 Å². The van der Waals surface area contributed by atoms with E-state index in [1.54, 1.807) is 12.3 Å². The highest BCUT2D eigenvalue weighted by molar-refractivity contribution is 7.89. The van der Waals surface area contributed by atoms with Crippen molar-refractivity contribution in [3.05, 3.63) is 18.0 Å². The van der Waals surface area contributed by atoms with Crippen LogP contribution in [-0.2, 0) is 23.1 Å². The molecule has 1 saturated carbocycles. The van der Waals surface area contributed by atoms with Crippen LogP contribution in [0.4, 0.5) is 0 Å². The van der Waals surface area contributed by atoms with Crippen LogP contribution < -0.4 is 10.0 Å². The molecule has 0 saturated heterocycles. The minimum absolute atomic E-state index is 0.117. The van der Waals surface area contributed by atoms with Crippen molar-refractivity contribution in [1.82, 2.24) is 14.6 Å². The predicted octanol–water partition coefficient (Wildman–Crippen LogP) is 2.08. The van der Waals surface area contributed by atoms with Gasteiger partial charge in [0.05, 0.1) is 4.90 Å². The predicted molar refractivity (Wildman–Crippen MR) is 84.6 cm³/mol. The summed E-state index contributed by atoms with van der Waals surface area (Å²) in [5.74, 6) is 0.461. The maximum Gasteiger partial charge on any atom is 0.242 e. The van der Waals surface area contributed by atoms with Crippen LogP contribution in [-0.4, -0.2) is 25.6 Å². The summed E-state index contributed by atoms with van der Waals surface area (Å²) in [6.07, 6.45) is 4.77. The molecule has 2 N–H and O–H groups in total. The van der Waals surface area contributed by atoms with Gasteiger partial charge < -0.3 is 9.88 Å². The fraction of sp³-hybridized carbons (Fsp3) is 0.733. The lowest BCUT2D eigenvalue weighted by Gasteiger charge is -2.08. The molecule has 1 fully saturated rings. The van der Waals surface area contributed by atoms with Gasteiger partial charge in [-0.25, -0.2) is 13.1 Å². The summed E-state index contributed by atoms with van der Waals surface area (Å²) < 4.78 is 29.6. The average Bonchev–Trinajstić information content (AvgIpc) is 2.94. The van der Waals surface area contributed by atoms with E-state index in [0.29, 0.717) is 17.4 Å². The van der Waals surface area contributed by atoms with Crippen molar-refractivity contribution in [3.63, 3.8) is 0 Å². The first kappa shape index (κ1) is 16.5. The topological polar surface area (TPSA) is 63.1 Å². The number of hydrogen-bond donors (Lipinski definition) is 2. The Labute approximate surface area is 128 Å². The number of aryl methyl sites for hydroxylation is 1. The number of nitrogens with one attached hydrogen (secondary N) is 2. The Morgan fingerprint density at radius 1 is 1.33 bits per heavy atom. The maximum atomic E-state index is 12.4. The second kappa shape index (κ2) is 6.94. The Hall–Kier alpha value is -0.850. The lowest BCUT2D eigenvalue weighted by Crippen LogP contribution is -2.26. The second-order valence-electron chi connectivity index (χ2n) is 5.98. The Balaban J connectivity index is 2.13. The average molecular weight is 313 g/mol. The number of nitrogens with zero attached hydrogens (tertiary/aromatic N) is 1. The Kier molecular flexibility index (Phi) is 5.46. The van der Waals surface area contributed by atoms with E-state index in [4.69, 9.17) is 0 Å². The van der Waals surface area contributed by atoms with Gasteiger partial charge in [-0.1, -0.05) is 20.8 Å². The zero-order valence-corrected chi connectivity index (χ0v) is 14.0. The monoisotopic (exact) mass is 313 g/mol. The van der Waals surface area contributed by atoms with Gasteiger partial charge in [0.1, 0.15) is 0 Å². The summed E-state index contributed by atoms with van der Waals surface area (Å²) in [4.78, 5) is 0.392. The van der Waals surface area contributed by atoms with Gasteiger partial charge in [0.25, 0.3) is 0 Å². The smallest absolute Gasteiger partial charge is 0.242 e. The van der Waals surface area contributed by atoms with E-state index in [1.807, 2.05) is 4.57 Å². The molecule has 2 unspecified atom stereocenters. The molecule has 6 heteroatoms. The van der Waals surface area contributed by atoms with Crippen LogP contribution >= 0.6 is 0 Å². The van der Waals surface area contributed by atoms with Crippen LogP contribution in [0.15, 0.2) is 17.2 Å². The first-order chi connectivity index (χ1) is 9.97. The first-order valence-electron chi connectivity index (χ1n) is 7.90. The van der Waals surface area contributed by atoms with Crippen molar-refractivity contribution >= 4 is 10.0 Å². The van der Waals surface area contributed by atoms with E-state index in [-0.39, 0.29) is 6.04 Å². The van der Waals surface area contributed by atoms with Crippen LogP contribution in [0.25, 0.3) is 0 Å². The molecule has 21 heavy (non-hydrogen) atoms. The quantitative estimate of drug-likeness (QED) is 0.686. The molecule has 0 bridgehead atoms. The summed E-state index contributed by atoms with van der Waals surface area (Å²) in [6, 6.07) is 1.92. The zero-order chi connectivity index (χ0) is 15.5. The molecule has 5 nitrogen and oxygen atoms in total. The highest BCUT2D eigenvalue weighted by Gasteiger charge is 2.36. The highest BCUT2D eigenvalue weighted by Crippen LogP contribution is 2.31. The molecule has 0 spiro atoms. The molecular formula is C15H27N3O2S. The van der Waals surface area contributed by atoms with Crippen molar-refractivity contribution in [2.24, 2.45) is 5.92 Å². The maximum absolute atomic E-state index is 12.4. The van der Waals surface area contributed by atoms with Crippen molar-refractivity contribution in [1.29, 1.82) is 0 Å². The van der Waals surface area contributed by atoms with Crippen molar-refractivity contribution < 1.29 is 8.42 Å². The minimum atomic E-state index is -3.38. The largest absolute Gasteiger partial charge is 0.349 e.